The minimum Gasteiger partial charge on any atom is -0.356 e. The zero-order valence-electron chi connectivity index (χ0n) is 31.8. The molecule has 0 aliphatic rings. The van der Waals surface area contributed by atoms with Crippen LogP contribution in [0.1, 0.15) is 0 Å². The van der Waals surface area contributed by atoms with Crippen LogP contribution in [0.15, 0.2) is 224 Å². The first-order chi connectivity index (χ1) is 28.7. The van der Waals surface area contributed by atoms with E-state index < -0.39 is 0 Å². The number of nitrogens with one attached hydrogen (secondary N) is 1. The maximum atomic E-state index is 3.70. The normalized spacial score (nSPS) is 11.4. The van der Waals surface area contributed by atoms with Crippen LogP contribution in [0.4, 0.5) is 28.4 Å². The van der Waals surface area contributed by atoms with E-state index in [1.807, 2.05) is 0 Å². The fourth-order valence-electron chi connectivity index (χ4n) is 8.77. The number of anilines is 5. The lowest BCUT2D eigenvalue weighted by atomic mass is 9.84. The van der Waals surface area contributed by atoms with Crippen LogP contribution in [0, 0.1) is 0 Å². The van der Waals surface area contributed by atoms with Crippen LogP contribution in [0.25, 0.3) is 76.1 Å². The van der Waals surface area contributed by atoms with Gasteiger partial charge in [-0.15, -0.1) is 0 Å². The van der Waals surface area contributed by atoms with E-state index >= 15 is 0 Å². The van der Waals surface area contributed by atoms with Crippen LogP contribution in [0.3, 0.4) is 0 Å². The SMILES string of the molecule is c1ccc(Nc2ccc3c(-c4ccc5ccccc5c4)c4cc(N(c5ccccc5)c5ccc6ccccc6c5)ccc4c(-c4ccc5ccccc5c4)c3c2)cc1. The van der Waals surface area contributed by atoms with Crippen molar-refractivity contribution in [3.63, 3.8) is 0 Å². The summed E-state index contributed by atoms with van der Waals surface area (Å²) in [4.78, 5) is 2.39. The molecule has 272 valence electrons. The Balaban J connectivity index is 1.24. The van der Waals surface area contributed by atoms with Crippen molar-refractivity contribution < 1.29 is 0 Å². The van der Waals surface area contributed by atoms with E-state index in [9.17, 15) is 0 Å². The van der Waals surface area contributed by atoms with Crippen LogP contribution in [-0.4, -0.2) is 0 Å². The van der Waals surface area contributed by atoms with Crippen molar-refractivity contribution in [3.05, 3.63) is 224 Å². The molecule has 0 saturated carbocycles. The molecule has 0 amide bonds. The average Bonchev–Trinajstić information content (AvgIpc) is 3.28. The third-order valence-electron chi connectivity index (χ3n) is 11.5. The molecule has 0 bridgehead atoms. The summed E-state index contributed by atoms with van der Waals surface area (Å²) in [6.07, 6.45) is 0. The van der Waals surface area contributed by atoms with Gasteiger partial charge in [0.05, 0.1) is 0 Å². The molecule has 11 aromatic rings. The standard InChI is InChI=1S/C56H38N2/c1-3-19-46(20-4-1)57-47-28-31-51-53(36-47)55(44-25-23-38-13-7-10-16-41(38)33-44)52-32-30-50(37-54(52)56(51)45-26-24-39-14-8-11-17-42(39)34-45)58(48-21-5-2-6-22-48)49-29-27-40-15-9-12-18-43(40)35-49/h1-37,57H. The summed E-state index contributed by atoms with van der Waals surface area (Å²) in [5, 5.41) is 15.9. The second-order valence-electron chi connectivity index (χ2n) is 15.1. The van der Waals surface area contributed by atoms with E-state index in [0.717, 1.165) is 28.4 Å². The zero-order chi connectivity index (χ0) is 38.4. The van der Waals surface area contributed by atoms with Crippen LogP contribution >= 0.6 is 0 Å². The Morgan fingerprint density at radius 2 is 0.707 bits per heavy atom. The molecule has 0 unspecified atom stereocenters. The van der Waals surface area contributed by atoms with Gasteiger partial charge in [-0.1, -0.05) is 152 Å². The van der Waals surface area contributed by atoms with Crippen molar-refractivity contribution in [2.75, 3.05) is 10.2 Å². The highest BCUT2D eigenvalue weighted by atomic mass is 15.1. The number of hydrogen-bond donors (Lipinski definition) is 1. The minimum absolute atomic E-state index is 1.05. The predicted octanol–water partition coefficient (Wildman–Crippen LogP) is 16.0. The topological polar surface area (TPSA) is 15.3 Å². The van der Waals surface area contributed by atoms with Crippen LogP contribution in [-0.2, 0) is 0 Å². The molecule has 0 saturated heterocycles. The number of nitrogens with zero attached hydrogens (tertiary/aromatic N) is 1. The summed E-state index contributed by atoms with van der Waals surface area (Å²) in [7, 11) is 0. The first kappa shape index (κ1) is 33.6. The molecule has 0 aromatic heterocycles. The Labute approximate surface area is 337 Å². The Kier molecular flexibility index (Phi) is 8.19. The summed E-state index contributed by atoms with van der Waals surface area (Å²) in [5.74, 6) is 0. The maximum absolute atomic E-state index is 3.70. The molecule has 2 nitrogen and oxygen atoms in total. The Morgan fingerprint density at radius 1 is 0.259 bits per heavy atom. The Morgan fingerprint density at radius 3 is 1.31 bits per heavy atom. The number of para-hydroxylation sites is 2. The van der Waals surface area contributed by atoms with Gasteiger partial charge in [-0.2, -0.15) is 0 Å². The lowest BCUT2D eigenvalue weighted by Gasteiger charge is -2.27. The van der Waals surface area contributed by atoms with E-state index in [1.54, 1.807) is 0 Å². The molecule has 11 rings (SSSR count). The third kappa shape index (κ3) is 6.00. The summed E-state index contributed by atoms with van der Waals surface area (Å²) >= 11 is 0. The Hall–Kier alpha value is -7.68. The van der Waals surface area contributed by atoms with Crippen LogP contribution in [0.2, 0.25) is 0 Å². The van der Waals surface area contributed by atoms with Crippen molar-refractivity contribution in [1.82, 2.24) is 0 Å². The van der Waals surface area contributed by atoms with Gasteiger partial charge in [-0.3, -0.25) is 0 Å². The molecule has 11 aromatic carbocycles. The minimum atomic E-state index is 1.05. The Bertz CT molecular complexity index is 3310. The second kappa shape index (κ2) is 14.1. The van der Waals surface area contributed by atoms with E-state index in [1.165, 1.54) is 76.1 Å². The zero-order valence-corrected chi connectivity index (χ0v) is 31.8. The molecular weight excluding hydrogens is 701 g/mol. The molecule has 0 heterocycles. The van der Waals surface area contributed by atoms with E-state index in [2.05, 4.69) is 235 Å². The number of rotatable bonds is 7. The first-order valence-electron chi connectivity index (χ1n) is 19.9. The number of benzene rings is 11. The van der Waals surface area contributed by atoms with Gasteiger partial charge in [0.1, 0.15) is 0 Å². The fraction of sp³-hybridized carbons (Fsp3) is 0. The summed E-state index contributed by atoms with van der Waals surface area (Å²) < 4.78 is 0. The molecule has 58 heavy (non-hydrogen) atoms. The molecule has 0 atom stereocenters. The van der Waals surface area contributed by atoms with Crippen molar-refractivity contribution in [1.29, 1.82) is 0 Å². The largest absolute Gasteiger partial charge is 0.356 e. The van der Waals surface area contributed by atoms with Gasteiger partial charge in [0, 0.05) is 28.4 Å². The highest BCUT2D eigenvalue weighted by molar-refractivity contribution is 6.23. The van der Waals surface area contributed by atoms with Gasteiger partial charge in [-0.05, 0) is 149 Å². The molecule has 0 radical (unpaired) electrons. The van der Waals surface area contributed by atoms with Crippen molar-refractivity contribution >= 4 is 82.3 Å². The van der Waals surface area contributed by atoms with Crippen LogP contribution < -0.4 is 10.2 Å². The van der Waals surface area contributed by atoms with Gasteiger partial charge in [0.2, 0.25) is 0 Å². The van der Waals surface area contributed by atoms with Crippen molar-refractivity contribution in [2.24, 2.45) is 0 Å². The smallest absolute Gasteiger partial charge is 0.0468 e. The van der Waals surface area contributed by atoms with Gasteiger partial charge in [0.15, 0.2) is 0 Å². The molecule has 2 heteroatoms. The monoisotopic (exact) mass is 738 g/mol. The van der Waals surface area contributed by atoms with Gasteiger partial charge < -0.3 is 10.2 Å². The van der Waals surface area contributed by atoms with E-state index in [-0.39, 0.29) is 0 Å². The molecule has 1 N–H and O–H groups in total. The molecule has 0 aliphatic heterocycles. The number of fused-ring (bicyclic) bond motifs is 5. The first-order valence-corrected chi connectivity index (χ1v) is 19.9. The average molecular weight is 739 g/mol. The summed E-state index contributed by atoms with van der Waals surface area (Å²) in [6, 6.07) is 81.6. The molecular formula is C56H38N2. The van der Waals surface area contributed by atoms with Gasteiger partial charge in [-0.25, -0.2) is 0 Å². The van der Waals surface area contributed by atoms with E-state index in [0.29, 0.717) is 0 Å². The van der Waals surface area contributed by atoms with Gasteiger partial charge >= 0.3 is 0 Å². The quantitative estimate of drug-likeness (QED) is 0.164. The maximum Gasteiger partial charge on any atom is 0.0468 e. The van der Waals surface area contributed by atoms with Gasteiger partial charge in [0.25, 0.3) is 0 Å². The second-order valence-corrected chi connectivity index (χ2v) is 15.1. The highest BCUT2D eigenvalue weighted by Gasteiger charge is 2.21. The molecule has 0 fully saturated rings. The van der Waals surface area contributed by atoms with E-state index in [4.69, 9.17) is 0 Å². The number of hydrogen-bond acceptors (Lipinski definition) is 2. The summed E-state index contributed by atoms with van der Waals surface area (Å²) in [5.41, 5.74) is 10.3. The fourth-order valence-corrected chi connectivity index (χ4v) is 8.77. The lowest BCUT2D eigenvalue weighted by molar-refractivity contribution is 1.29. The predicted molar refractivity (Wildman–Crippen MR) is 249 cm³/mol. The molecule has 0 spiro atoms. The molecule has 0 aliphatic carbocycles. The third-order valence-corrected chi connectivity index (χ3v) is 11.5. The lowest BCUT2D eigenvalue weighted by Crippen LogP contribution is -2.10. The summed E-state index contributed by atoms with van der Waals surface area (Å²) in [6.45, 7) is 0. The van der Waals surface area contributed by atoms with Crippen molar-refractivity contribution in [3.8, 4) is 22.3 Å². The highest BCUT2D eigenvalue weighted by Crippen LogP contribution is 2.48. The van der Waals surface area contributed by atoms with Crippen LogP contribution in [0.5, 0.6) is 0 Å². The van der Waals surface area contributed by atoms with Crippen molar-refractivity contribution in [2.45, 2.75) is 0 Å².